The lowest BCUT2D eigenvalue weighted by Gasteiger charge is -2.16. The Morgan fingerprint density at radius 1 is 0.0984 bits per heavy atom. The molecule has 3 aliphatic carbocycles. The summed E-state index contributed by atoms with van der Waals surface area (Å²) in [6, 6.07) is 156. The van der Waals surface area contributed by atoms with Crippen molar-refractivity contribution in [3.05, 3.63) is 528 Å². The molecular weight excluding hydrogens is 1490 g/mol. The summed E-state index contributed by atoms with van der Waals surface area (Å²) in [7, 11) is 0. The van der Waals surface area contributed by atoms with Crippen molar-refractivity contribution < 1.29 is 23.9 Å². The topological polar surface area (TPSA) is 69.7 Å². The van der Waals surface area contributed by atoms with Crippen molar-refractivity contribution in [2.75, 3.05) is 0 Å². The molecule has 0 atom stereocenters. The Morgan fingerprint density at radius 3 is 0.344 bits per heavy atom. The fourth-order valence-corrected chi connectivity index (χ4v) is 17.3. The standard InChI is InChI=1S/C117H76O5/c118-115-109(87-35-19-6-20-36-87)103(90-51-41-82(42-52-90)77-25-9-1-10-26-77)107(113(115)97-57-47-85(48-58-97)80-31-15-4-16-32-80)94-65-73-101(74-66-94)122-102-75-67-95(68-76-102)108-106(111(89-39-23-8-24-40-89)117(120)114(108)98-59-49-86(50-60-98)81-33-17-5-18-34-81)93-63-71-100(72-64-93)121-99-69-61-92(62-70-99)105-104(91-53-43-83(44-54-91)78-27-11-2-12-28-78)112(116(119)110(105)88-37-21-7-22-38-88)96-55-45-84(46-56-96)79-29-13-3-14-30-79/h1-76H. The van der Waals surface area contributed by atoms with Crippen molar-refractivity contribution in [3.8, 4) is 78.6 Å². The third-order valence-electron chi connectivity index (χ3n) is 23.2. The Kier molecular flexibility index (Phi) is 20.2. The van der Waals surface area contributed by atoms with Crippen LogP contribution in [0.4, 0.5) is 0 Å². The van der Waals surface area contributed by atoms with Gasteiger partial charge < -0.3 is 9.47 Å². The van der Waals surface area contributed by atoms with Crippen LogP contribution in [0.25, 0.3) is 123 Å². The van der Waals surface area contributed by atoms with Crippen molar-refractivity contribution >= 4 is 84.2 Å². The van der Waals surface area contributed by atoms with E-state index in [-0.39, 0.29) is 17.3 Å². The molecule has 574 valence electrons. The second kappa shape index (κ2) is 33.1. The number of carbonyl (C=O) groups is 3. The van der Waals surface area contributed by atoms with Crippen molar-refractivity contribution in [1.29, 1.82) is 0 Å². The van der Waals surface area contributed by atoms with Gasteiger partial charge in [-0.3, -0.25) is 14.4 Å². The van der Waals surface area contributed by atoms with E-state index in [9.17, 15) is 0 Å². The summed E-state index contributed by atoms with van der Waals surface area (Å²) in [5, 5.41) is 0. The number of hydrogen-bond donors (Lipinski definition) is 0. The van der Waals surface area contributed by atoms with Gasteiger partial charge in [0.25, 0.3) is 0 Å². The third kappa shape index (κ3) is 14.6. The van der Waals surface area contributed by atoms with Gasteiger partial charge in [-0.1, -0.05) is 413 Å². The molecule has 0 aliphatic heterocycles. The molecule has 0 unspecified atom stereocenters. The number of allylic oxidation sites excluding steroid dienone is 12. The lowest BCUT2D eigenvalue weighted by Crippen LogP contribution is -2.02. The van der Waals surface area contributed by atoms with Crippen LogP contribution >= 0.6 is 0 Å². The first-order valence-electron chi connectivity index (χ1n) is 41.1. The van der Waals surface area contributed by atoms with Gasteiger partial charge in [-0.25, -0.2) is 0 Å². The molecule has 17 aromatic rings. The van der Waals surface area contributed by atoms with Gasteiger partial charge in [0.15, 0.2) is 17.3 Å². The summed E-state index contributed by atoms with van der Waals surface area (Å²) in [5.74, 6) is 2.20. The van der Waals surface area contributed by atoms with Crippen LogP contribution in [0, 0.1) is 0 Å². The summed E-state index contributed by atoms with van der Waals surface area (Å²) in [5.41, 5.74) is 29.6. The molecule has 0 aromatic heterocycles. The van der Waals surface area contributed by atoms with Crippen LogP contribution in [0.5, 0.6) is 23.0 Å². The van der Waals surface area contributed by atoms with E-state index in [1.165, 1.54) is 0 Å². The van der Waals surface area contributed by atoms with Gasteiger partial charge in [-0.05, 0) is 171 Å². The molecule has 3 aliphatic rings. The first-order chi connectivity index (χ1) is 60.3. The molecule has 20 rings (SSSR count). The van der Waals surface area contributed by atoms with Gasteiger partial charge in [0, 0.05) is 66.9 Å². The van der Waals surface area contributed by atoms with Gasteiger partial charge in [0.2, 0.25) is 0 Å². The first-order valence-corrected chi connectivity index (χ1v) is 41.1. The van der Waals surface area contributed by atoms with Gasteiger partial charge in [0.05, 0.1) is 0 Å². The summed E-state index contributed by atoms with van der Waals surface area (Å²) in [6.45, 7) is 0. The smallest absolute Gasteiger partial charge is 0.195 e. The fourth-order valence-electron chi connectivity index (χ4n) is 17.3. The zero-order chi connectivity index (χ0) is 81.8. The Hall–Kier alpha value is -16.2. The number of rotatable bonds is 21. The van der Waals surface area contributed by atoms with E-state index in [4.69, 9.17) is 9.47 Å². The maximum Gasteiger partial charge on any atom is 0.195 e. The Bertz CT molecular complexity index is 7000. The van der Waals surface area contributed by atoms with Crippen LogP contribution < -0.4 is 9.47 Å². The minimum absolute atomic E-state index is 0.0471. The van der Waals surface area contributed by atoms with E-state index in [2.05, 4.69) is 206 Å². The lowest BCUT2D eigenvalue weighted by atomic mass is 9.88. The van der Waals surface area contributed by atoms with E-state index < -0.39 is 0 Å². The molecule has 0 amide bonds. The summed E-state index contributed by atoms with van der Waals surface area (Å²) >= 11 is 0. The predicted molar refractivity (Wildman–Crippen MR) is 501 cm³/mol. The number of Topliss-reactive ketones (excluding diaryl/α,β-unsaturated/α-hetero) is 3. The van der Waals surface area contributed by atoms with Crippen molar-refractivity contribution in [2.45, 2.75) is 0 Å². The molecule has 0 saturated carbocycles. The lowest BCUT2D eigenvalue weighted by molar-refractivity contribution is -0.109. The SMILES string of the molecule is O=C1C(c2ccccc2)=C(c2ccc(Oc3ccc(C4=C(c5ccccc5)C(=O)C(c5ccc(-c6ccccc6)cc5)=C4c4ccc(-c5ccccc5)cc4)cc3)cc2)C(c2ccc(Oc3ccc(C4=C(c5ccc(-c6ccccc6)cc5)C(=O)C(c5ccccc5)=C4c4ccc(-c5ccccc5)cc4)cc3)cc2)=C1c1ccc(-c2ccccc2)cc1. The Labute approximate surface area is 709 Å². The largest absolute Gasteiger partial charge is 0.457 e. The fraction of sp³-hybridized carbons (Fsp3) is 0. The highest BCUT2D eigenvalue weighted by Gasteiger charge is 2.39. The van der Waals surface area contributed by atoms with Gasteiger partial charge in [0.1, 0.15) is 23.0 Å². The quantitative estimate of drug-likeness (QED) is 0.0717. The zero-order valence-corrected chi connectivity index (χ0v) is 66.4. The normalized spacial score (nSPS) is 13.4. The van der Waals surface area contributed by atoms with Crippen LogP contribution in [0.1, 0.15) is 66.8 Å². The molecule has 122 heavy (non-hydrogen) atoms. The molecule has 0 N–H and O–H groups in total. The van der Waals surface area contributed by atoms with E-state index in [1.807, 2.05) is 255 Å². The summed E-state index contributed by atoms with van der Waals surface area (Å²) in [4.78, 5) is 47.2. The van der Waals surface area contributed by atoms with Crippen molar-refractivity contribution in [2.24, 2.45) is 0 Å². The molecule has 0 saturated heterocycles. The average Bonchev–Trinajstić information content (AvgIpc) is 1.60. The summed E-state index contributed by atoms with van der Waals surface area (Å²) in [6.07, 6.45) is 0. The molecule has 0 fully saturated rings. The molecule has 0 spiro atoms. The van der Waals surface area contributed by atoms with Crippen molar-refractivity contribution in [1.82, 2.24) is 0 Å². The molecule has 0 heterocycles. The molecule has 5 nitrogen and oxygen atoms in total. The zero-order valence-electron chi connectivity index (χ0n) is 66.4. The monoisotopic (exact) mass is 1560 g/mol. The van der Waals surface area contributed by atoms with E-state index >= 15 is 14.4 Å². The number of ketones is 3. The second-order valence-electron chi connectivity index (χ2n) is 30.6. The maximum absolute atomic E-state index is 16.0. The number of carbonyl (C=O) groups excluding carboxylic acids is 3. The Balaban J connectivity index is 0.641. The van der Waals surface area contributed by atoms with Crippen LogP contribution in [-0.4, -0.2) is 17.3 Å². The van der Waals surface area contributed by atoms with Gasteiger partial charge in [-0.15, -0.1) is 0 Å². The van der Waals surface area contributed by atoms with Crippen LogP contribution in [0.2, 0.25) is 0 Å². The van der Waals surface area contributed by atoms with Gasteiger partial charge >= 0.3 is 0 Å². The molecular formula is C117H76O5. The molecule has 17 aromatic carbocycles. The second-order valence-corrected chi connectivity index (χ2v) is 30.6. The first kappa shape index (κ1) is 74.6. The van der Waals surface area contributed by atoms with E-state index in [0.717, 1.165) is 156 Å². The number of ether oxygens (including phenoxy) is 2. The van der Waals surface area contributed by atoms with Crippen molar-refractivity contribution in [3.63, 3.8) is 0 Å². The highest BCUT2D eigenvalue weighted by atomic mass is 16.5. The number of hydrogen-bond acceptors (Lipinski definition) is 5. The van der Waals surface area contributed by atoms with E-state index in [0.29, 0.717) is 56.4 Å². The van der Waals surface area contributed by atoms with Crippen LogP contribution in [-0.2, 0) is 14.4 Å². The van der Waals surface area contributed by atoms with E-state index in [1.54, 1.807) is 0 Å². The van der Waals surface area contributed by atoms with Crippen LogP contribution in [0.3, 0.4) is 0 Å². The number of benzene rings is 17. The minimum atomic E-state index is -0.0937. The average molecular weight is 1560 g/mol. The summed E-state index contributed by atoms with van der Waals surface area (Å²) < 4.78 is 13.6. The van der Waals surface area contributed by atoms with Crippen LogP contribution in [0.15, 0.2) is 461 Å². The minimum Gasteiger partial charge on any atom is -0.457 e. The highest BCUT2D eigenvalue weighted by Crippen LogP contribution is 2.55. The molecule has 0 bridgehead atoms. The molecule has 0 radical (unpaired) electrons. The highest BCUT2D eigenvalue weighted by molar-refractivity contribution is 6.61. The van der Waals surface area contributed by atoms with Gasteiger partial charge in [-0.2, -0.15) is 0 Å². The Morgan fingerprint density at radius 2 is 0.197 bits per heavy atom. The predicted octanol–water partition coefficient (Wildman–Crippen LogP) is 28.9. The third-order valence-corrected chi connectivity index (χ3v) is 23.2. The molecule has 5 heteroatoms. The maximum atomic E-state index is 16.0.